The molecular formula is C32H31BrCl2N4O8. The fraction of sp³-hybridized carbons (Fsp3) is 0.250. The van der Waals surface area contributed by atoms with E-state index in [4.69, 9.17) is 46.9 Å². The normalized spacial score (nSPS) is 14.3. The van der Waals surface area contributed by atoms with Crippen LogP contribution in [-0.2, 0) is 20.9 Å². The predicted molar refractivity (Wildman–Crippen MR) is 179 cm³/mol. The molecule has 15 heteroatoms. The van der Waals surface area contributed by atoms with Crippen LogP contribution in [0.25, 0.3) is 0 Å². The zero-order valence-corrected chi connectivity index (χ0v) is 28.8. The van der Waals surface area contributed by atoms with Gasteiger partial charge in [0, 0.05) is 15.7 Å². The summed E-state index contributed by atoms with van der Waals surface area (Å²) in [5, 5.41) is 10.2. The monoisotopic (exact) mass is 748 g/mol. The van der Waals surface area contributed by atoms with E-state index in [-0.39, 0.29) is 30.3 Å². The third kappa shape index (κ3) is 9.09. The van der Waals surface area contributed by atoms with Crippen LogP contribution in [0.2, 0.25) is 10.0 Å². The number of nitrogens with zero attached hydrogens (tertiary/aromatic N) is 1. The first-order valence-corrected chi connectivity index (χ1v) is 15.6. The number of methoxy groups -OCH3 is 2. The van der Waals surface area contributed by atoms with Crippen LogP contribution < -0.4 is 35.0 Å². The van der Waals surface area contributed by atoms with Gasteiger partial charge in [0.15, 0.2) is 29.6 Å². The predicted octanol–water partition coefficient (Wildman–Crippen LogP) is 6.07. The molecule has 0 saturated carbocycles. The molecule has 0 aromatic heterocycles. The molecule has 12 nitrogen and oxygen atoms in total. The highest BCUT2D eigenvalue weighted by molar-refractivity contribution is 9.10. The van der Waals surface area contributed by atoms with Gasteiger partial charge in [0.2, 0.25) is 0 Å². The molecule has 3 aromatic rings. The van der Waals surface area contributed by atoms with Crippen molar-refractivity contribution < 1.29 is 38.1 Å². The fourth-order valence-electron chi connectivity index (χ4n) is 4.53. The molecule has 0 unspecified atom stereocenters. The Bertz CT molecular complexity index is 1730. The van der Waals surface area contributed by atoms with Crippen LogP contribution in [0.4, 0.5) is 4.79 Å². The van der Waals surface area contributed by atoms with Gasteiger partial charge in [-0.05, 0) is 61.4 Å². The summed E-state index contributed by atoms with van der Waals surface area (Å²) in [4.78, 5) is 37.5. The van der Waals surface area contributed by atoms with Crippen LogP contribution in [-0.4, -0.2) is 51.6 Å². The molecule has 0 bridgehead atoms. The zero-order valence-electron chi connectivity index (χ0n) is 25.7. The molecule has 0 aliphatic carbocycles. The molecule has 47 heavy (non-hydrogen) atoms. The van der Waals surface area contributed by atoms with Crippen molar-refractivity contribution in [1.82, 2.24) is 16.1 Å². The molecule has 3 aromatic carbocycles. The molecule has 4 rings (SSSR count). The fourth-order valence-corrected chi connectivity index (χ4v) is 5.31. The third-order valence-corrected chi connectivity index (χ3v) is 7.87. The Hall–Kier alpha value is -4.46. The minimum Gasteiger partial charge on any atom is -0.493 e. The van der Waals surface area contributed by atoms with Crippen LogP contribution in [0.15, 0.2) is 69.4 Å². The van der Waals surface area contributed by atoms with E-state index in [1.807, 2.05) is 0 Å². The summed E-state index contributed by atoms with van der Waals surface area (Å²) >= 11 is 15.6. The minimum atomic E-state index is -0.794. The van der Waals surface area contributed by atoms with Crippen LogP contribution in [0.5, 0.6) is 23.0 Å². The molecule has 248 valence electrons. The number of urea groups is 1. The van der Waals surface area contributed by atoms with Crippen molar-refractivity contribution in [2.24, 2.45) is 5.10 Å². The quantitative estimate of drug-likeness (QED) is 0.109. The Labute approximate surface area is 289 Å². The Morgan fingerprint density at radius 1 is 1.00 bits per heavy atom. The summed E-state index contributed by atoms with van der Waals surface area (Å²) < 4.78 is 28.6. The number of esters is 1. The van der Waals surface area contributed by atoms with Crippen molar-refractivity contribution in [2.75, 3.05) is 27.4 Å². The average molecular weight is 750 g/mol. The lowest BCUT2D eigenvalue weighted by Crippen LogP contribution is -2.45. The molecule has 1 heterocycles. The number of ether oxygens (including phenoxy) is 5. The number of halogens is 3. The number of rotatable bonds is 13. The van der Waals surface area contributed by atoms with Gasteiger partial charge in [-0.1, -0.05) is 51.3 Å². The summed E-state index contributed by atoms with van der Waals surface area (Å²) in [5.74, 6) is 0.241. The van der Waals surface area contributed by atoms with Crippen molar-refractivity contribution >= 4 is 63.3 Å². The highest BCUT2D eigenvalue weighted by Gasteiger charge is 2.32. The minimum absolute atomic E-state index is 0.167. The van der Waals surface area contributed by atoms with E-state index in [2.05, 4.69) is 37.1 Å². The Morgan fingerprint density at radius 2 is 1.77 bits per heavy atom. The molecule has 3 amide bonds. The number of amides is 3. The van der Waals surface area contributed by atoms with Gasteiger partial charge >= 0.3 is 12.0 Å². The number of benzene rings is 3. The van der Waals surface area contributed by atoms with Gasteiger partial charge in [0.05, 0.1) is 48.7 Å². The van der Waals surface area contributed by atoms with E-state index in [1.165, 1.54) is 20.4 Å². The summed E-state index contributed by atoms with van der Waals surface area (Å²) in [6.45, 7) is 3.25. The molecule has 0 saturated heterocycles. The summed E-state index contributed by atoms with van der Waals surface area (Å²) in [6.07, 6.45) is 1.41. The van der Waals surface area contributed by atoms with Gasteiger partial charge in [0.25, 0.3) is 5.91 Å². The molecule has 1 atom stereocenters. The van der Waals surface area contributed by atoms with Crippen molar-refractivity contribution in [3.05, 3.63) is 91.0 Å². The third-order valence-electron chi connectivity index (χ3n) is 6.67. The van der Waals surface area contributed by atoms with Gasteiger partial charge in [-0.3, -0.25) is 4.79 Å². The number of carbonyl (C=O) groups excluding carboxylic acids is 3. The van der Waals surface area contributed by atoms with E-state index in [1.54, 1.807) is 62.4 Å². The maximum absolute atomic E-state index is 12.6. The first-order chi connectivity index (χ1) is 22.5. The molecule has 1 aliphatic heterocycles. The second-order valence-electron chi connectivity index (χ2n) is 9.85. The first kappa shape index (κ1) is 35.4. The maximum Gasteiger partial charge on any atom is 0.338 e. The maximum atomic E-state index is 12.6. The first-order valence-electron chi connectivity index (χ1n) is 14.1. The van der Waals surface area contributed by atoms with Gasteiger partial charge in [-0.15, -0.1) is 0 Å². The second-order valence-corrected chi connectivity index (χ2v) is 11.6. The molecular weight excluding hydrogens is 719 g/mol. The number of hydrogen-bond acceptors (Lipinski definition) is 9. The molecule has 0 radical (unpaired) electrons. The Balaban J connectivity index is 1.43. The van der Waals surface area contributed by atoms with Crippen molar-refractivity contribution in [2.45, 2.75) is 26.5 Å². The highest BCUT2D eigenvalue weighted by atomic mass is 79.9. The van der Waals surface area contributed by atoms with Crippen molar-refractivity contribution in [1.29, 1.82) is 0 Å². The number of carbonyl (C=O) groups is 3. The van der Waals surface area contributed by atoms with Crippen molar-refractivity contribution in [3.8, 4) is 23.0 Å². The lowest BCUT2D eigenvalue weighted by molar-refractivity contribution is -0.139. The standard InChI is InChI=1S/C32H31BrCl2N4O8/c1-5-45-31(41)28-17(2)37-32(42)38-29(28)19-7-9-24(25(12-19)43-3)46-16-27(40)39-36-14-20-11-21(33)13-26(44-4)30(20)47-15-18-6-8-22(34)23(35)10-18/h6-14,29H,5,15-16H2,1-4H3,(H,39,40)(H2,37,38,42)/b36-14+/t29-/m0/s1. The van der Waals surface area contributed by atoms with E-state index in [0.29, 0.717) is 42.8 Å². The molecule has 0 fully saturated rings. The van der Waals surface area contributed by atoms with Crippen LogP contribution in [0.3, 0.4) is 0 Å². The van der Waals surface area contributed by atoms with Crippen molar-refractivity contribution in [3.63, 3.8) is 0 Å². The Kier molecular flexibility index (Phi) is 12.3. The number of allylic oxidation sites excluding steroid dienone is 1. The lowest BCUT2D eigenvalue weighted by Gasteiger charge is -2.28. The van der Waals surface area contributed by atoms with E-state index in [0.717, 1.165) is 5.56 Å². The van der Waals surface area contributed by atoms with Crippen LogP contribution in [0.1, 0.15) is 36.6 Å². The van der Waals surface area contributed by atoms with Gasteiger partial charge < -0.3 is 34.3 Å². The van der Waals surface area contributed by atoms with Crippen LogP contribution >= 0.6 is 39.1 Å². The smallest absolute Gasteiger partial charge is 0.338 e. The number of hydrogen-bond donors (Lipinski definition) is 3. The Morgan fingerprint density at radius 3 is 2.47 bits per heavy atom. The second kappa shape index (κ2) is 16.4. The van der Waals surface area contributed by atoms with Gasteiger partial charge in [0.1, 0.15) is 6.61 Å². The molecule has 1 aliphatic rings. The lowest BCUT2D eigenvalue weighted by atomic mass is 9.95. The largest absolute Gasteiger partial charge is 0.493 e. The number of hydrazone groups is 1. The topological polar surface area (TPSA) is 146 Å². The van der Waals surface area contributed by atoms with E-state index in [9.17, 15) is 14.4 Å². The van der Waals surface area contributed by atoms with Gasteiger partial charge in [-0.2, -0.15) is 5.10 Å². The highest BCUT2D eigenvalue weighted by Crippen LogP contribution is 2.36. The molecule has 3 N–H and O–H groups in total. The SMILES string of the molecule is CCOC(=O)C1=C(C)NC(=O)N[C@H]1c1ccc(OCC(=O)N/N=C/c2cc(Br)cc(OC)c2OCc2ccc(Cl)c(Cl)c2)c(OC)c1. The number of nitrogens with one attached hydrogen (secondary N) is 3. The zero-order chi connectivity index (χ0) is 34.1. The van der Waals surface area contributed by atoms with Gasteiger partial charge in [-0.25, -0.2) is 15.0 Å². The average Bonchev–Trinajstić information content (AvgIpc) is 3.04. The molecule has 0 spiro atoms. The van der Waals surface area contributed by atoms with E-state index >= 15 is 0 Å². The van der Waals surface area contributed by atoms with E-state index < -0.39 is 30.6 Å². The summed E-state index contributed by atoms with van der Waals surface area (Å²) in [6, 6.07) is 12.2. The summed E-state index contributed by atoms with van der Waals surface area (Å²) in [5.41, 5.74) is 4.90. The van der Waals surface area contributed by atoms with Crippen LogP contribution in [0, 0.1) is 0 Å². The summed E-state index contributed by atoms with van der Waals surface area (Å²) in [7, 11) is 2.94.